The molecule has 0 unspecified atom stereocenters. The molecular weight excluding hydrogens is 332 g/mol. The smallest absolute Gasteiger partial charge is 0.407 e. The van der Waals surface area contributed by atoms with E-state index in [1.54, 1.807) is 33.8 Å². The predicted octanol–water partition coefficient (Wildman–Crippen LogP) is 3.73. The standard InChI is InChI=1S/C17H25ClN2O4/c1-10-13(18)9-12(11(2)21)15(14(10)19)23-8-6-7-20-16(22)24-17(3,4)5/h9H,6-8,19H2,1-5H3,(H,20,22). The minimum atomic E-state index is -0.535. The summed E-state index contributed by atoms with van der Waals surface area (Å²) in [6.07, 6.45) is 0.0614. The number of amides is 1. The summed E-state index contributed by atoms with van der Waals surface area (Å²) >= 11 is 6.06. The van der Waals surface area contributed by atoms with Crippen LogP contribution in [0.5, 0.6) is 5.75 Å². The van der Waals surface area contributed by atoms with Crippen LogP contribution < -0.4 is 15.8 Å². The minimum absolute atomic E-state index is 0.175. The molecule has 24 heavy (non-hydrogen) atoms. The van der Waals surface area contributed by atoms with Gasteiger partial charge in [-0.3, -0.25) is 4.79 Å². The number of hydrogen-bond donors (Lipinski definition) is 2. The van der Waals surface area contributed by atoms with Crippen LogP contribution in [0.25, 0.3) is 0 Å². The van der Waals surface area contributed by atoms with E-state index in [1.165, 1.54) is 6.92 Å². The Morgan fingerprint density at radius 2 is 1.96 bits per heavy atom. The second-order valence-electron chi connectivity index (χ2n) is 6.46. The van der Waals surface area contributed by atoms with Crippen LogP contribution in [0.1, 0.15) is 50.0 Å². The number of benzene rings is 1. The van der Waals surface area contributed by atoms with Crippen molar-refractivity contribution in [2.45, 2.75) is 46.6 Å². The van der Waals surface area contributed by atoms with Gasteiger partial charge in [-0.05, 0) is 52.7 Å². The summed E-state index contributed by atoms with van der Waals surface area (Å²) in [5.74, 6) is 0.159. The zero-order valence-corrected chi connectivity index (χ0v) is 15.5. The quantitative estimate of drug-likeness (QED) is 0.460. The maximum absolute atomic E-state index is 11.7. The Labute approximate surface area is 147 Å². The summed E-state index contributed by atoms with van der Waals surface area (Å²) in [6.45, 7) is 9.26. The largest absolute Gasteiger partial charge is 0.491 e. The van der Waals surface area contributed by atoms with E-state index in [0.29, 0.717) is 47.2 Å². The van der Waals surface area contributed by atoms with Crippen LogP contribution in [0, 0.1) is 6.92 Å². The lowest BCUT2D eigenvalue weighted by molar-refractivity contribution is 0.0525. The van der Waals surface area contributed by atoms with Gasteiger partial charge in [0.1, 0.15) is 5.60 Å². The molecule has 0 saturated carbocycles. The molecule has 0 radical (unpaired) electrons. The molecule has 0 fully saturated rings. The topological polar surface area (TPSA) is 90.7 Å². The van der Waals surface area contributed by atoms with Gasteiger partial charge in [0.05, 0.1) is 17.9 Å². The molecule has 0 atom stereocenters. The van der Waals surface area contributed by atoms with Crippen molar-refractivity contribution >= 4 is 29.2 Å². The summed E-state index contributed by atoms with van der Waals surface area (Å²) < 4.78 is 10.8. The van der Waals surface area contributed by atoms with E-state index in [4.69, 9.17) is 26.8 Å². The Bertz CT molecular complexity index is 624. The molecule has 0 aliphatic heterocycles. The number of nitrogen functional groups attached to an aromatic ring is 1. The molecule has 1 rings (SSSR count). The third kappa shape index (κ3) is 5.92. The molecule has 0 saturated heterocycles. The number of nitrogens with two attached hydrogens (primary N) is 1. The number of carbonyl (C=O) groups excluding carboxylic acids is 2. The molecule has 0 spiro atoms. The summed E-state index contributed by atoms with van der Waals surface area (Å²) in [7, 11) is 0. The maximum Gasteiger partial charge on any atom is 0.407 e. The molecule has 6 nitrogen and oxygen atoms in total. The fourth-order valence-corrected chi connectivity index (χ4v) is 2.12. The summed E-state index contributed by atoms with van der Waals surface area (Å²) in [5.41, 5.74) is 6.84. The molecule has 0 heterocycles. The van der Waals surface area contributed by atoms with Crippen molar-refractivity contribution in [3.63, 3.8) is 0 Å². The van der Waals surface area contributed by atoms with Gasteiger partial charge in [-0.25, -0.2) is 4.79 Å². The molecule has 3 N–H and O–H groups in total. The number of ketones is 1. The average Bonchev–Trinajstić information content (AvgIpc) is 2.44. The first-order valence-corrected chi connectivity index (χ1v) is 8.10. The summed E-state index contributed by atoms with van der Waals surface area (Å²) in [6, 6.07) is 1.56. The van der Waals surface area contributed by atoms with Crippen LogP contribution in [0.4, 0.5) is 10.5 Å². The molecule has 0 aliphatic rings. The molecule has 1 aromatic carbocycles. The van der Waals surface area contributed by atoms with Crippen molar-refractivity contribution in [3.05, 3.63) is 22.2 Å². The highest BCUT2D eigenvalue weighted by Gasteiger charge is 2.17. The number of rotatable bonds is 6. The van der Waals surface area contributed by atoms with Gasteiger partial charge < -0.3 is 20.5 Å². The number of carbonyl (C=O) groups is 2. The van der Waals surface area contributed by atoms with E-state index in [2.05, 4.69) is 5.32 Å². The Kier molecular flexibility index (Phi) is 6.90. The first-order chi connectivity index (χ1) is 11.0. The molecular formula is C17H25ClN2O4. The molecule has 0 aliphatic carbocycles. The van der Waals surface area contributed by atoms with Gasteiger partial charge in [0, 0.05) is 11.6 Å². The molecule has 0 aromatic heterocycles. The zero-order chi connectivity index (χ0) is 18.5. The van der Waals surface area contributed by atoms with Gasteiger partial charge in [-0.2, -0.15) is 0 Å². The minimum Gasteiger partial charge on any atom is -0.491 e. The van der Waals surface area contributed by atoms with Crippen LogP contribution in [0.2, 0.25) is 5.02 Å². The second kappa shape index (κ2) is 8.24. The highest BCUT2D eigenvalue weighted by Crippen LogP contribution is 2.35. The van der Waals surface area contributed by atoms with Gasteiger partial charge in [-0.15, -0.1) is 0 Å². The molecule has 1 amide bonds. The van der Waals surface area contributed by atoms with Crippen LogP contribution in [-0.2, 0) is 4.74 Å². The van der Waals surface area contributed by atoms with Crippen LogP contribution in [0.3, 0.4) is 0 Å². The Morgan fingerprint density at radius 1 is 1.33 bits per heavy atom. The van der Waals surface area contributed by atoms with Gasteiger partial charge in [0.2, 0.25) is 0 Å². The average molecular weight is 357 g/mol. The zero-order valence-electron chi connectivity index (χ0n) is 14.8. The van der Waals surface area contributed by atoms with Crippen LogP contribution in [0.15, 0.2) is 6.07 Å². The number of alkyl carbamates (subject to hydrolysis) is 1. The van der Waals surface area contributed by atoms with E-state index in [9.17, 15) is 9.59 Å². The van der Waals surface area contributed by atoms with Crippen molar-refractivity contribution in [2.24, 2.45) is 0 Å². The monoisotopic (exact) mass is 356 g/mol. The second-order valence-corrected chi connectivity index (χ2v) is 6.87. The van der Waals surface area contributed by atoms with Crippen molar-refractivity contribution in [1.29, 1.82) is 0 Å². The lowest BCUT2D eigenvalue weighted by Gasteiger charge is -2.19. The van der Waals surface area contributed by atoms with E-state index in [0.717, 1.165) is 0 Å². The van der Waals surface area contributed by atoms with E-state index in [-0.39, 0.29) is 5.78 Å². The molecule has 134 valence electrons. The normalized spacial score (nSPS) is 11.1. The number of Topliss-reactive ketones (excluding diaryl/α,β-unsaturated/α-hetero) is 1. The highest BCUT2D eigenvalue weighted by atomic mass is 35.5. The molecule has 7 heteroatoms. The van der Waals surface area contributed by atoms with E-state index >= 15 is 0 Å². The third-order valence-electron chi connectivity index (χ3n) is 3.14. The van der Waals surface area contributed by atoms with Crippen molar-refractivity contribution in [3.8, 4) is 5.75 Å². The van der Waals surface area contributed by atoms with Gasteiger partial charge in [-0.1, -0.05) is 11.6 Å². The third-order valence-corrected chi connectivity index (χ3v) is 3.53. The summed E-state index contributed by atoms with van der Waals surface area (Å²) in [4.78, 5) is 23.2. The van der Waals surface area contributed by atoms with Crippen LogP contribution in [-0.4, -0.2) is 30.6 Å². The first kappa shape index (κ1) is 20.1. The molecule has 1 aromatic rings. The van der Waals surface area contributed by atoms with Gasteiger partial charge in [0.25, 0.3) is 0 Å². The Hall–Kier alpha value is -1.95. The van der Waals surface area contributed by atoms with Crippen molar-refractivity contribution < 1.29 is 19.1 Å². The Morgan fingerprint density at radius 3 is 2.50 bits per heavy atom. The lowest BCUT2D eigenvalue weighted by atomic mass is 10.1. The Balaban J connectivity index is 2.58. The van der Waals surface area contributed by atoms with Crippen LogP contribution >= 0.6 is 11.6 Å². The maximum atomic E-state index is 11.7. The van der Waals surface area contributed by atoms with Gasteiger partial charge in [0.15, 0.2) is 11.5 Å². The van der Waals surface area contributed by atoms with Crippen molar-refractivity contribution in [1.82, 2.24) is 5.32 Å². The van der Waals surface area contributed by atoms with E-state index in [1.807, 2.05) is 0 Å². The highest BCUT2D eigenvalue weighted by molar-refractivity contribution is 6.32. The first-order valence-electron chi connectivity index (χ1n) is 7.72. The number of hydrogen-bond acceptors (Lipinski definition) is 5. The predicted molar refractivity (Wildman–Crippen MR) is 95.0 cm³/mol. The lowest BCUT2D eigenvalue weighted by Crippen LogP contribution is -2.33. The number of halogens is 1. The van der Waals surface area contributed by atoms with E-state index < -0.39 is 11.7 Å². The van der Waals surface area contributed by atoms with Gasteiger partial charge >= 0.3 is 6.09 Å². The fourth-order valence-electron chi connectivity index (χ4n) is 1.91. The number of anilines is 1. The van der Waals surface area contributed by atoms with Crippen molar-refractivity contribution in [2.75, 3.05) is 18.9 Å². The fraction of sp³-hybridized carbons (Fsp3) is 0.529. The SMILES string of the molecule is CC(=O)c1cc(Cl)c(C)c(N)c1OCCCNC(=O)OC(C)(C)C. The summed E-state index contributed by atoms with van der Waals surface area (Å²) in [5, 5.41) is 3.06. The molecule has 0 bridgehead atoms. The number of nitrogens with one attached hydrogen (secondary N) is 1. The number of ether oxygens (including phenoxy) is 2.